The fraction of sp³-hybridized carbons (Fsp3) is 0.200. The number of H-pyrrole nitrogens is 1. The van der Waals surface area contributed by atoms with Crippen LogP contribution in [0.4, 0.5) is 8.78 Å². The highest BCUT2D eigenvalue weighted by molar-refractivity contribution is 5.93. The maximum atomic E-state index is 13.2. The van der Waals surface area contributed by atoms with Gasteiger partial charge in [-0.1, -0.05) is 6.07 Å². The number of rotatable bonds is 4. The monoisotopic (exact) mass is 305 g/mol. The van der Waals surface area contributed by atoms with Crippen molar-refractivity contribution in [2.45, 2.75) is 19.1 Å². The number of hydrogen-bond acceptors (Lipinski definition) is 3. The average molecular weight is 305 g/mol. The van der Waals surface area contributed by atoms with Gasteiger partial charge in [0.2, 0.25) is 0 Å². The lowest BCUT2D eigenvalue weighted by molar-refractivity contribution is 0.0847. The van der Waals surface area contributed by atoms with Crippen molar-refractivity contribution in [1.82, 2.24) is 10.3 Å². The molecule has 5 nitrogen and oxygen atoms in total. The molecule has 0 saturated carbocycles. The normalized spacial score (nSPS) is 13.2. The van der Waals surface area contributed by atoms with E-state index in [2.05, 4.69) is 10.3 Å². The lowest BCUT2D eigenvalue weighted by Gasteiger charge is -2.20. The quantitative estimate of drug-likeness (QED) is 0.807. The molecule has 114 valence electrons. The number of carbonyl (C=O) groups excluding carboxylic acids is 1. The third-order valence-electron chi connectivity index (χ3n) is 3.17. The number of hydrogen-bond donors (Lipinski definition) is 3. The summed E-state index contributed by atoms with van der Waals surface area (Å²) < 4.78 is 26.0. The van der Waals surface area contributed by atoms with Gasteiger partial charge in [-0.2, -0.15) is 5.26 Å². The van der Waals surface area contributed by atoms with Gasteiger partial charge < -0.3 is 15.4 Å². The molecule has 2 atom stereocenters. The first-order chi connectivity index (χ1) is 10.4. The topological polar surface area (TPSA) is 88.9 Å². The minimum absolute atomic E-state index is 0.149. The standard InChI is InChI=1S/C15H13F2N3O2/c1-8(14(21)10-2-3-11(16)12(17)5-10)20-15(22)13-4-9(6-18)7-19-13/h2-5,7-8,14,19,21H,1H3,(H,20,22)/t8-,14-/m1/s1. The van der Waals surface area contributed by atoms with Crippen LogP contribution in [-0.2, 0) is 0 Å². The fourth-order valence-electron chi connectivity index (χ4n) is 1.94. The number of nitrogens with zero attached hydrogens (tertiary/aromatic N) is 1. The third kappa shape index (κ3) is 3.30. The maximum absolute atomic E-state index is 13.2. The number of nitriles is 1. The molecule has 0 bridgehead atoms. The van der Waals surface area contributed by atoms with E-state index in [1.54, 1.807) is 0 Å². The molecule has 2 aromatic rings. The van der Waals surface area contributed by atoms with Crippen molar-refractivity contribution in [3.63, 3.8) is 0 Å². The van der Waals surface area contributed by atoms with Gasteiger partial charge in [-0.15, -0.1) is 0 Å². The van der Waals surface area contributed by atoms with Crippen LogP contribution in [0.25, 0.3) is 0 Å². The smallest absolute Gasteiger partial charge is 0.268 e. The van der Waals surface area contributed by atoms with Crippen molar-refractivity contribution in [3.8, 4) is 6.07 Å². The lowest BCUT2D eigenvalue weighted by atomic mass is 10.0. The second-order valence-electron chi connectivity index (χ2n) is 4.79. The highest BCUT2D eigenvalue weighted by Gasteiger charge is 2.21. The Kier molecular flexibility index (Phi) is 4.53. The van der Waals surface area contributed by atoms with E-state index in [-0.39, 0.29) is 11.3 Å². The Morgan fingerprint density at radius 2 is 2.09 bits per heavy atom. The minimum atomic E-state index is -1.20. The van der Waals surface area contributed by atoms with Gasteiger partial charge in [0, 0.05) is 6.20 Å². The SMILES string of the molecule is C[C@@H](NC(=O)c1cc(C#N)c[nH]1)[C@@H](O)c1ccc(F)c(F)c1. The zero-order chi connectivity index (χ0) is 16.3. The first-order valence-corrected chi connectivity index (χ1v) is 6.44. The lowest BCUT2D eigenvalue weighted by Crippen LogP contribution is -2.37. The molecular weight excluding hydrogens is 292 g/mol. The predicted molar refractivity (Wildman–Crippen MR) is 73.8 cm³/mol. The van der Waals surface area contributed by atoms with Crippen LogP contribution in [0.5, 0.6) is 0 Å². The molecule has 0 saturated heterocycles. The van der Waals surface area contributed by atoms with Crippen molar-refractivity contribution in [2.75, 3.05) is 0 Å². The number of halogens is 2. The fourth-order valence-corrected chi connectivity index (χ4v) is 1.94. The van der Waals surface area contributed by atoms with Gasteiger partial charge >= 0.3 is 0 Å². The van der Waals surface area contributed by atoms with Crippen molar-refractivity contribution in [1.29, 1.82) is 5.26 Å². The Hall–Kier alpha value is -2.72. The summed E-state index contributed by atoms with van der Waals surface area (Å²) in [5.41, 5.74) is 0.621. The second kappa shape index (κ2) is 6.37. The number of nitrogens with one attached hydrogen (secondary N) is 2. The Morgan fingerprint density at radius 1 is 1.36 bits per heavy atom. The molecule has 0 spiro atoms. The predicted octanol–water partition coefficient (Wildman–Crippen LogP) is 2.02. The molecule has 1 amide bonds. The van der Waals surface area contributed by atoms with Crippen LogP contribution in [0.3, 0.4) is 0 Å². The molecule has 0 aliphatic carbocycles. The van der Waals surface area contributed by atoms with Gasteiger partial charge in [-0.3, -0.25) is 4.79 Å². The van der Waals surface area contributed by atoms with Crippen molar-refractivity contribution < 1.29 is 18.7 Å². The summed E-state index contributed by atoms with van der Waals surface area (Å²) in [7, 11) is 0. The van der Waals surface area contributed by atoms with E-state index in [0.29, 0.717) is 5.56 Å². The Balaban J connectivity index is 2.07. The van der Waals surface area contributed by atoms with Crippen LogP contribution in [0.1, 0.15) is 34.6 Å². The molecule has 1 aromatic heterocycles. The summed E-state index contributed by atoms with van der Waals surface area (Å²) in [6.45, 7) is 1.53. The number of amides is 1. The van der Waals surface area contributed by atoms with Gasteiger partial charge in [-0.05, 0) is 30.7 Å². The first kappa shape index (κ1) is 15.7. The number of aromatic nitrogens is 1. The van der Waals surface area contributed by atoms with E-state index in [1.807, 2.05) is 6.07 Å². The van der Waals surface area contributed by atoms with Gasteiger partial charge in [0.15, 0.2) is 11.6 Å². The van der Waals surface area contributed by atoms with Crippen LogP contribution in [0.15, 0.2) is 30.5 Å². The van der Waals surface area contributed by atoms with Gasteiger partial charge in [0.25, 0.3) is 5.91 Å². The van der Waals surface area contributed by atoms with E-state index in [1.165, 1.54) is 25.3 Å². The number of aliphatic hydroxyl groups excluding tert-OH is 1. The minimum Gasteiger partial charge on any atom is -0.386 e. The molecule has 0 fully saturated rings. The Morgan fingerprint density at radius 3 is 2.68 bits per heavy atom. The summed E-state index contributed by atoms with van der Waals surface area (Å²) in [5.74, 6) is -2.60. The van der Waals surface area contributed by atoms with E-state index in [4.69, 9.17) is 5.26 Å². The zero-order valence-electron chi connectivity index (χ0n) is 11.6. The molecule has 3 N–H and O–H groups in total. The third-order valence-corrected chi connectivity index (χ3v) is 3.17. The van der Waals surface area contributed by atoms with E-state index in [0.717, 1.165) is 12.1 Å². The summed E-state index contributed by atoms with van der Waals surface area (Å²) >= 11 is 0. The van der Waals surface area contributed by atoms with E-state index in [9.17, 15) is 18.7 Å². The molecular formula is C15H13F2N3O2. The van der Waals surface area contributed by atoms with Crippen LogP contribution in [-0.4, -0.2) is 22.0 Å². The van der Waals surface area contributed by atoms with Gasteiger partial charge in [0.05, 0.1) is 17.7 Å². The molecule has 2 rings (SSSR count). The van der Waals surface area contributed by atoms with E-state index >= 15 is 0 Å². The zero-order valence-corrected chi connectivity index (χ0v) is 11.6. The molecule has 1 aromatic carbocycles. The number of benzene rings is 1. The van der Waals surface area contributed by atoms with Gasteiger partial charge in [-0.25, -0.2) is 8.78 Å². The molecule has 1 heterocycles. The number of carbonyl (C=O) groups is 1. The maximum Gasteiger partial charge on any atom is 0.268 e. The summed E-state index contributed by atoms with van der Waals surface area (Å²) in [6, 6.07) is 5.53. The number of aliphatic hydroxyl groups is 1. The van der Waals surface area contributed by atoms with Crippen LogP contribution in [0, 0.1) is 23.0 Å². The van der Waals surface area contributed by atoms with Crippen molar-refractivity contribution in [3.05, 3.63) is 58.9 Å². The molecule has 0 aliphatic rings. The van der Waals surface area contributed by atoms with Crippen LogP contribution in [0.2, 0.25) is 0 Å². The Bertz CT molecular complexity index is 737. The van der Waals surface area contributed by atoms with Crippen molar-refractivity contribution >= 4 is 5.91 Å². The van der Waals surface area contributed by atoms with Crippen molar-refractivity contribution in [2.24, 2.45) is 0 Å². The molecule has 0 radical (unpaired) electrons. The van der Waals surface area contributed by atoms with Crippen LogP contribution < -0.4 is 5.32 Å². The van der Waals surface area contributed by atoms with Gasteiger partial charge in [0.1, 0.15) is 11.8 Å². The highest BCUT2D eigenvalue weighted by Crippen LogP contribution is 2.19. The van der Waals surface area contributed by atoms with Crippen LogP contribution >= 0.6 is 0 Å². The highest BCUT2D eigenvalue weighted by atomic mass is 19.2. The molecule has 0 unspecified atom stereocenters. The summed E-state index contributed by atoms with van der Waals surface area (Å²) in [5, 5.41) is 21.3. The number of aromatic amines is 1. The molecule has 0 aliphatic heterocycles. The largest absolute Gasteiger partial charge is 0.386 e. The average Bonchev–Trinajstić information content (AvgIpc) is 2.98. The summed E-state index contributed by atoms with van der Waals surface area (Å²) in [4.78, 5) is 14.6. The summed E-state index contributed by atoms with van der Waals surface area (Å²) in [6.07, 6.45) is 0.176. The van der Waals surface area contributed by atoms with E-state index < -0.39 is 29.7 Å². The second-order valence-corrected chi connectivity index (χ2v) is 4.79. The Labute approximate surface area is 125 Å². The first-order valence-electron chi connectivity index (χ1n) is 6.44. The molecule has 22 heavy (non-hydrogen) atoms. The molecule has 7 heteroatoms.